The Bertz CT molecular complexity index is 579. The van der Waals surface area contributed by atoms with Gasteiger partial charge < -0.3 is 14.7 Å². The van der Waals surface area contributed by atoms with Gasteiger partial charge in [-0.3, -0.25) is 5.10 Å². The molecule has 2 N–H and O–H groups in total. The van der Waals surface area contributed by atoms with E-state index in [0.29, 0.717) is 12.4 Å². The third-order valence-corrected chi connectivity index (χ3v) is 2.83. The Kier molecular flexibility index (Phi) is 4.37. The van der Waals surface area contributed by atoms with E-state index in [-0.39, 0.29) is 5.56 Å². The Labute approximate surface area is 117 Å². The number of likely N-dealkylation sites (N-methyl/N-ethyl adjacent to an activating group) is 1. The zero-order chi connectivity index (χ0) is 14.5. The van der Waals surface area contributed by atoms with E-state index in [1.54, 1.807) is 30.6 Å². The largest absolute Gasteiger partial charge is 0.492 e. The van der Waals surface area contributed by atoms with Crippen LogP contribution in [0.1, 0.15) is 10.4 Å². The summed E-state index contributed by atoms with van der Waals surface area (Å²) in [6.45, 7) is 1.24. The molecule has 0 aliphatic heterocycles. The lowest BCUT2D eigenvalue weighted by molar-refractivity contribution is 0.0696. The average molecular weight is 275 g/mol. The molecule has 2 rings (SSSR count). The Morgan fingerprint density at radius 1 is 1.45 bits per heavy atom. The highest BCUT2D eigenvalue weighted by atomic mass is 16.5. The van der Waals surface area contributed by atoms with Crippen molar-refractivity contribution in [3.63, 3.8) is 0 Å². The summed E-state index contributed by atoms with van der Waals surface area (Å²) in [5.74, 6) is -0.422. The Balaban J connectivity index is 2.28. The van der Waals surface area contributed by atoms with E-state index in [1.807, 2.05) is 19.0 Å². The molecule has 0 fully saturated rings. The standard InChI is InChI=1S/C14H17N3O3/c1-17(2)5-6-20-13-7-10(14(18)19)3-4-12(13)11-8-15-16-9-11/h3-4,7-9H,5-6H2,1-2H3,(H,15,16)(H,18,19). The molecule has 0 unspecified atom stereocenters. The van der Waals surface area contributed by atoms with Gasteiger partial charge in [0.05, 0.1) is 11.8 Å². The van der Waals surface area contributed by atoms with Gasteiger partial charge in [-0.1, -0.05) is 0 Å². The summed E-state index contributed by atoms with van der Waals surface area (Å²) >= 11 is 0. The molecule has 1 heterocycles. The number of carboxylic acids is 1. The molecule has 20 heavy (non-hydrogen) atoms. The minimum Gasteiger partial charge on any atom is -0.492 e. The van der Waals surface area contributed by atoms with Crippen LogP contribution in [0.25, 0.3) is 11.1 Å². The quantitative estimate of drug-likeness (QED) is 0.839. The number of aromatic amines is 1. The lowest BCUT2D eigenvalue weighted by Crippen LogP contribution is -2.19. The van der Waals surface area contributed by atoms with E-state index in [4.69, 9.17) is 9.84 Å². The number of nitrogens with zero attached hydrogens (tertiary/aromatic N) is 2. The number of aromatic nitrogens is 2. The predicted molar refractivity (Wildman–Crippen MR) is 75.0 cm³/mol. The van der Waals surface area contributed by atoms with Gasteiger partial charge in [-0.05, 0) is 32.3 Å². The van der Waals surface area contributed by atoms with Gasteiger partial charge in [0.15, 0.2) is 0 Å². The number of rotatable bonds is 6. The molecule has 0 saturated heterocycles. The normalized spacial score (nSPS) is 10.8. The van der Waals surface area contributed by atoms with Crippen molar-refractivity contribution in [2.45, 2.75) is 0 Å². The van der Waals surface area contributed by atoms with Gasteiger partial charge in [-0.25, -0.2) is 4.79 Å². The molecule has 1 aromatic carbocycles. The number of ether oxygens (including phenoxy) is 1. The number of carbonyl (C=O) groups is 1. The van der Waals surface area contributed by atoms with Crippen LogP contribution in [0, 0.1) is 0 Å². The minimum absolute atomic E-state index is 0.206. The van der Waals surface area contributed by atoms with E-state index in [9.17, 15) is 4.79 Å². The fourth-order valence-electron chi connectivity index (χ4n) is 1.75. The fourth-order valence-corrected chi connectivity index (χ4v) is 1.75. The van der Waals surface area contributed by atoms with Crippen LogP contribution in [0.4, 0.5) is 0 Å². The summed E-state index contributed by atoms with van der Waals surface area (Å²) in [5.41, 5.74) is 1.89. The van der Waals surface area contributed by atoms with Crippen molar-refractivity contribution in [1.82, 2.24) is 15.1 Å². The Morgan fingerprint density at radius 3 is 2.85 bits per heavy atom. The van der Waals surface area contributed by atoms with E-state index in [2.05, 4.69) is 10.2 Å². The number of hydrogen-bond donors (Lipinski definition) is 2. The van der Waals surface area contributed by atoms with E-state index in [0.717, 1.165) is 17.7 Å². The SMILES string of the molecule is CN(C)CCOc1cc(C(=O)O)ccc1-c1cn[nH]c1. The first kappa shape index (κ1) is 14.1. The third kappa shape index (κ3) is 3.36. The van der Waals surface area contributed by atoms with E-state index >= 15 is 0 Å². The van der Waals surface area contributed by atoms with Crippen LogP contribution in [0.5, 0.6) is 5.75 Å². The second-order valence-corrected chi connectivity index (χ2v) is 4.65. The van der Waals surface area contributed by atoms with Crippen molar-refractivity contribution < 1.29 is 14.6 Å². The number of H-pyrrole nitrogens is 1. The molecule has 0 bridgehead atoms. The van der Waals surface area contributed by atoms with Gasteiger partial charge in [0.1, 0.15) is 12.4 Å². The first-order chi connectivity index (χ1) is 9.58. The highest BCUT2D eigenvalue weighted by Crippen LogP contribution is 2.30. The summed E-state index contributed by atoms with van der Waals surface area (Å²) in [6, 6.07) is 4.84. The summed E-state index contributed by atoms with van der Waals surface area (Å²) in [5, 5.41) is 15.7. The molecule has 0 saturated carbocycles. The smallest absolute Gasteiger partial charge is 0.335 e. The lowest BCUT2D eigenvalue weighted by Gasteiger charge is -2.14. The molecule has 6 heteroatoms. The summed E-state index contributed by atoms with van der Waals surface area (Å²) < 4.78 is 5.72. The monoisotopic (exact) mass is 275 g/mol. The first-order valence-corrected chi connectivity index (χ1v) is 6.22. The number of aromatic carboxylic acids is 1. The fraction of sp³-hybridized carbons (Fsp3) is 0.286. The summed E-state index contributed by atoms with van der Waals surface area (Å²) in [6.07, 6.45) is 3.42. The van der Waals surface area contributed by atoms with Crippen molar-refractivity contribution in [3.8, 4) is 16.9 Å². The first-order valence-electron chi connectivity index (χ1n) is 6.22. The van der Waals surface area contributed by atoms with Gasteiger partial charge in [0, 0.05) is 23.9 Å². The van der Waals surface area contributed by atoms with E-state index in [1.165, 1.54) is 0 Å². The average Bonchev–Trinajstić information content (AvgIpc) is 2.91. The van der Waals surface area contributed by atoms with Gasteiger partial charge in [-0.2, -0.15) is 5.10 Å². The maximum atomic E-state index is 11.1. The second kappa shape index (κ2) is 6.21. The Hall–Kier alpha value is -2.34. The maximum Gasteiger partial charge on any atom is 0.335 e. The molecular formula is C14H17N3O3. The molecular weight excluding hydrogens is 258 g/mol. The topological polar surface area (TPSA) is 78.4 Å². The van der Waals surface area contributed by atoms with Crippen molar-refractivity contribution >= 4 is 5.97 Å². The molecule has 0 atom stereocenters. The number of nitrogens with one attached hydrogen (secondary N) is 1. The third-order valence-electron chi connectivity index (χ3n) is 2.83. The Morgan fingerprint density at radius 2 is 2.25 bits per heavy atom. The molecule has 0 aliphatic rings. The minimum atomic E-state index is -0.971. The van der Waals surface area contributed by atoms with Crippen molar-refractivity contribution in [2.24, 2.45) is 0 Å². The van der Waals surface area contributed by atoms with Crippen LogP contribution in [0.2, 0.25) is 0 Å². The molecule has 0 spiro atoms. The lowest BCUT2D eigenvalue weighted by atomic mass is 10.1. The second-order valence-electron chi connectivity index (χ2n) is 4.65. The number of hydrogen-bond acceptors (Lipinski definition) is 4. The number of benzene rings is 1. The molecule has 2 aromatic rings. The molecule has 6 nitrogen and oxygen atoms in total. The molecule has 1 aromatic heterocycles. The van der Waals surface area contributed by atoms with Crippen molar-refractivity contribution in [3.05, 3.63) is 36.2 Å². The van der Waals surface area contributed by atoms with Crippen LogP contribution in [-0.4, -0.2) is 53.4 Å². The van der Waals surface area contributed by atoms with Crippen LogP contribution in [-0.2, 0) is 0 Å². The van der Waals surface area contributed by atoms with Gasteiger partial charge in [0.25, 0.3) is 0 Å². The molecule has 0 aliphatic carbocycles. The molecule has 0 amide bonds. The molecule has 106 valence electrons. The van der Waals surface area contributed by atoms with E-state index < -0.39 is 5.97 Å². The zero-order valence-electron chi connectivity index (χ0n) is 11.5. The summed E-state index contributed by atoms with van der Waals surface area (Å²) in [7, 11) is 3.90. The maximum absolute atomic E-state index is 11.1. The highest BCUT2D eigenvalue weighted by molar-refractivity contribution is 5.89. The molecule has 0 radical (unpaired) electrons. The van der Waals surface area contributed by atoms with Crippen LogP contribution in [0.15, 0.2) is 30.6 Å². The van der Waals surface area contributed by atoms with Crippen molar-refractivity contribution in [1.29, 1.82) is 0 Å². The van der Waals surface area contributed by atoms with Gasteiger partial charge in [-0.15, -0.1) is 0 Å². The number of carboxylic acid groups (broad SMARTS) is 1. The zero-order valence-corrected chi connectivity index (χ0v) is 11.5. The summed E-state index contributed by atoms with van der Waals surface area (Å²) in [4.78, 5) is 13.0. The van der Waals surface area contributed by atoms with Crippen LogP contribution in [0.3, 0.4) is 0 Å². The highest BCUT2D eigenvalue weighted by Gasteiger charge is 2.12. The van der Waals surface area contributed by atoms with Gasteiger partial charge >= 0.3 is 5.97 Å². The predicted octanol–water partition coefficient (Wildman–Crippen LogP) is 1.72. The van der Waals surface area contributed by atoms with Crippen molar-refractivity contribution in [2.75, 3.05) is 27.2 Å². The van der Waals surface area contributed by atoms with Gasteiger partial charge in [0.2, 0.25) is 0 Å². The van der Waals surface area contributed by atoms with Crippen LogP contribution >= 0.6 is 0 Å². The van der Waals surface area contributed by atoms with Crippen LogP contribution < -0.4 is 4.74 Å².